The van der Waals surface area contributed by atoms with Crippen molar-refractivity contribution in [2.75, 3.05) is 6.61 Å². The van der Waals surface area contributed by atoms with Crippen LogP contribution in [0.1, 0.15) is 64.0 Å². The van der Waals surface area contributed by atoms with E-state index in [-0.39, 0.29) is 24.9 Å². The summed E-state index contributed by atoms with van der Waals surface area (Å²) in [4.78, 5) is 36.8. The third kappa shape index (κ3) is 6.84. The molecule has 0 spiro atoms. The number of hydrogen-bond donors (Lipinski definition) is 3. The first-order chi connectivity index (χ1) is 16.7. The Morgan fingerprint density at radius 1 is 0.886 bits per heavy atom. The molecule has 0 radical (unpaired) electrons. The Hall–Kier alpha value is -3.35. The molecule has 0 heterocycles. The largest absolute Gasteiger partial charge is 0.480 e. The number of nitrogens with one attached hydrogen (secondary N) is 2. The van der Waals surface area contributed by atoms with Crippen LogP contribution in [-0.4, -0.2) is 41.8 Å². The average molecular weight is 481 g/mol. The number of carboxylic acid groups (broad SMARTS) is 1. The SMILES string of the molecule is CC(C)CCC(NC(=O)CC(NC(=O)OCC1c2ccccc2-c2ccccc21)C(C)C)C(=O)O. The molecule has 2 amide bonds. The van der Waals surface area contributed by atoms with Crippen LogP contribution in [0.3, 0.4) is 0 Å². The van der Waals surface area contributed by atoms with E-state index in [9.17, 15) is 19.5 Å². The van der Waals surface area contributed by atoms with Crippen molar-refractivity contribution in [2.24, 2.45) is 11.8 Å². The minimum atomic E-state index is -1.05. The molecule has 2 aromatic rings. The summed E-state index contributed by atoms with van der Waals surface area (Å²) in [6.45, 7) is 8.00. The van der Waals surface area contributed by atoms with Crippen molar-refractivity contribution in [3.8, 4) is 11.1 Å². The zero-order chi connectivity index (χ0) is 25.5. The molecule has 0 saturated heterocycles. The van der Waals surface area contributed by atoms with E-state index in [0.29, 0.717) is 18.8 Å². The summed E-state index contributed by atoms with van der Waals surface area (Å²) in [5.74, 6) is -1.21. The maximum Gasteiger partial charge on any atom is 0.407 e. The predicted octanol–water partition coefficient (Wildman–Crippen LogP) is 4.95. The second-order valence-corrected chi connectivity index (χ2v) is 9.95. The highest BCUT2D eigenvalue weighted by atomic mass is 16.5. The minimum absolute atomic E-state index is 0.0205. The number of hydrogen-bond acceptors (Lipinski definition) is 4. The number of aliphatic carboxylic acids is 1. The van der Waals surface area contributed by atoms with Crippen LogP contribution >= 0.6 is 0 Å². The Morgan fingerprint density at radius 2 is 1.46 bits per heavy atom. The molecule has 188 valence electrons. The topological polar surface area (TPSA) is 105 Å². The van der Waals surface area contributed by atoms with Crippen LogP contribution in [0, 0.1) is 11.8 Å². The molecule has 0 aromatic heterocycles. The molecule has 3 N–H and O–H groups in total. The van der Waals surface area contributed by atoms with Gasteiger partial charge in [-0.25, -0.2) is 9.59 Å². The molecular weight excluding hydrogens is 444 g/mol. The standard InChI is InChI=1S/C28H36N2O5/c1-17(2)13-14-24(27(32)33)29-26(31)15-25(18(3)4)30-28(34)35-16-23-21-11-7-5-9-19(21)20-10-6-8-12-22(20)23/h5-12,17-18,23-25H,13-16H2,1-4H3,(H,29,31)(H,30,34)(H,32,33). The Morgan fingerprint density at radius 3 is 1.97 bits per heavy atom. The quantitative estimate of drug-likeness (QED) is 0.422. The van der Waals surface area contributed by atoms with Gasteiger partial charge in [-0.3, -0.25) is 4.79 Å². The van der Waals surface area contributed by atoms with Gasteiger partial charge >= 0.3 is 12.1 Å². The summed E-state index contributed by atoms with van der Waals surface area (Å²) < 4.78 is 5.61. The first kappa shape index (κ1) is 26.3. The van der Waals surface area contributed by atoms with E-state index in [4.69, 9.17) is 4.74 Å². The zero-order valence-corrected chi connectivity index (χ0v) is 20.9. The van der Waals surface area contributed by atoms with Gasteiger partial charge in [0.05, 0.1) is 0 Å². The van der Waals surface area contributed by atoms with Gasteiger partial charge in [0.2, 0.25) is 5.91 Å². The smallest absolute Gasteiger partial charge is 0.407 e. The van der Waals surface area contributed by atoms with Crippen LogP contribution < -0.4 is 10.6 Å². The van der Waals surface area contributed by atoms with Crippen LogP contribution in [0.15, 0.2) is 48.5 Å². The molecule has 35 heavy (non-hydrogen) atoms. The molecule has 2 atom stereocenters. The lowest BCUT2D eigenvalue weighted by atomic mass is 9.98. The van der Waals surface area contributed by atoms with E-state index >= 15 is 0 Å². The van der Waals surface area contributed by atoms with Crippen molar-refractivity contribution >= 4 is 18.0 Å². The molecule has 1 aliphatic carbocycles. The molecule has 0 fully saturated rings. The van der Waals surface area contributed by atoms with Gasteiger partial charge < -0.3 is 20.5 Å². The van der Waals surface area contributed by atoms with Crippen LogP contribution in [0.5, 0.6) is 0 Å². The number of carbonyl (C=O) groups excluding carboxylic acids is 2. The molecule has 0 saturated carbocycles. The van der Waals surface area contributed by atoms with Gasteiger partial charge in [-0.05, 0) is 46.9 Å². The van der Waals surface area contributed by atoms with Gasteiger partial charge in [-0.2, -0.15) is 0 Å². The molecule has 3 rings (SSSR count). The van der Waals surface area contributed by atoms with Gasteiger partial charge in [-0.1, -0.05) is 76.2 Å². The maximum absolute atomic E-state index is 12.7. The number of benzene rings is 2. The van der Waals surface area contributed by atoms with Crippen LogP contribution in [-0.2, 0) is 14.3 Å². The summed E-state index contributed by atoms with van der Waals surface area (Å²) in [5, 5.41) is 14.8. The first-order valence-electron chi connectivity index (χ1n) is 12.3. The number of carbonyl (C=O) groups is 3. The van der Waals surface area contributed by atoms with Crippen LogP contribution in [0.25, 0.3) is 11.1 Å². The summed E-state index contributed by atoms with van der Waals surface area (Å²) in [6, 6.07) is 14.8. The lowest BCUT2D eigenvalue weighted by Crippen LogP contribution is -2.46. The summed E-state index contributed by atoms with van der Waals surface area (Å²) in [5.41, 5.74) is 4.56. The molecular formula is C28H36N2O5. The Bertz CT molecular complexity index is 1000. The number of ether oxygens (including phenoxy) is 1. The molecule has 7 nitrogen and oxygen atoms in total. The van der Waals surface area contributed by atoms with Gasteiger partial charge in [0.25, 0.3) is 0 Å². The number of rotatable bonds is 11. The number of amides is 2. The van der Waals surface area contributed by atoms with Crippen molar-refractivity contribution < 1.29 is 24.2 Å². The highest BCUT2D eigenvalue weighted by Gasteiger charge is 2.30. The summed E-state index contributed by atoms with van der Waals surface area (Å²) in [6.07, 6.45) is 0.453. The van der Waals surface area contributed by atoms with Crippen molar-refractivity contribution in [1.82, 2.24) is 10.6 Å². The number of alkyl carbamates (subject to hydrolysis) is 1. The molecule has 2 aromatic carbocycles. The Balaban J connectivity index is 1.58. The van der Waals surface area contributed by atoms with E-state index in [1.807, 2.05) is 52.0 Å². The van der Waals surface area contributed by atoms with E-state index < -0.39 is 30.1 Å². The molecule has 0 aliphatic heterocycles. The third-order valence-corrected chi connectivity index (χ3v) is 6.52. The fourth-order valence-corrected chi connectivity index (χ4v) is 4.46. The Kier molecular flexibility index (Phi) is 8.90. The molecule has 7 heteroatoms. The minimum Gasteiger partial charge on any atom is -0.480 e. The van der Waals surface area contributed by atoms with Crippen molar-refractivity contribution in [3.05, 3.63) is 59.7 Å². The predicted molar refractivity (Wildman–Crippen MR) is 135 cm³/mol. The first-order valence-corrected chi connectivity index (χ1v) is 12.3. The number of fused-ring (bicyclic) bond motifs is 3. The molecule has 0 bridgehead atoms. The fourth-order valence-electron chi connectivity index (χ4n) is 4.46. The number of carboxylic acids is 1. The van der Waals surface area contributed by atoms with E-state index in [1.54, 1.807) is 0 Å². The summed E-state index contributed by atoms with van der Waals surface area (Å²) >= 11 is 0. The van der Waals surface area contributed by atoms with Crippen molar-refractivity contribution in [3.63, 3.8) is 0 Å². The normalized spacial score (nSPS) is 14.2. The van der Waals surface area contributed by atoms with Crippen LogP contribution in [0.2, 0.25) is 0 Å². The van der Waals surface area contributed by atoms with Gasteiger partial charge in [0.15, 0.2) is 0 Å². The van der Waals surface area contributed by atoms with Gasteiger partial charge in [0.1, 0.15) is 12.6 Å². The average Bonchev–Trinajstić information content (AvgIpc) is 3.13. The van der Waals surface area contributed by atoms with Gasteiger partial charge in [-0.15, -0.1) is 0 Å². The highest BCUT2D eigenvalue weighted by Crippen LogP contribution is 2.44. The Labute approximate surface area is 207 Å². The zero-order valence-electron chi connectivity index (χ0n) is 20.9. The molecule has 2 unspecified atom stereocenters. The van der Waals surface area contributed by atoms with Crippen LogP contribution in [0.4, 0.5) is 4.79 Å². The van der Waals surface area contributed by atoms with E-state index in [1.165, 1.54) is 0 Å². The van der Waals surface area contributed by atoms with Gasteiger partial charge in [0, 0.05) is 18.4 Å². The monoisotopic (exact) mass is 480 g/mol. The summed E-state index contributed by atoms with van der Waals surface area (Å²) in [7, 11) is 0. The second-order valence-electron chi connectivity index (χ2n) is 9.95. The molecule has 1 aliphatic rings. The fraction of sp³-hybridized carbons (Fsp3) is 0.464. The van der Waals surface area contributed by atoms with E-state index in [2.05, 4.69) is 34.9 Å². The highest BCUT2D eigenvalue weighted by molar-refractivity contribution is 5.84. The van der Waals surface area contributed by atoms with E-state index in [0.717, 1.165) is 22.3 Å². The third-order valence-electron chi connectivity index (χ3n) is 6.52. The maximum atomic E-state index is 12.7. The second kappa shape index (κ2) is 11.9. The lowest BCUT2D eigenvalue weighted by Gasteiger charge is -2.23. The van der Waals surface area contributed by atoms with Crippen molar-refractivity contribution in [2.45, 2.75) is 65.0 Å². The van der Waals surface area contributed by atoms with Crippen molar-refractivity contribution in [1.29, 1.82) is 0 Å². The lowest BCUT2D eigenvalue weighted by molar-refractivity contribution is -0.142.